The Balaban J connectivity index is 2.15. The molecule has 4 rings (SSSR count). The number of carbonyl (C=O) groups is 1. The van der Waals surface area contributed by atoms with E-state index in [9.17, 15) is 4.79 Å². The van der Waals surface area contributed by atoms with Crippen molar-refractivity contribution in [1.29, 1.82) is 0 Å². The number of methoxy groups -OCH3 is 1. The van der Waals surface area contributed by atoms with E-state index in [-0.39, 0.29) is 5.97 Å². The molecule has 0 aliphatic carbocycles. The van der Waals surface area contributed by atoms with Gasteiger partial charge < -0.3 is 0 Å². The van der Waals surface area contributed by atoms with Gasteiger partial charge in [-0.3, -0.25) is 0 Å². The average Bonchev–Trinajstić information content (AvgIpc) is 2.84. The molecular weight excluding hydrogens is 387 g/mol. The minimum atomic E-state index is -2.85. The van der Waals surface area contributed by atoms with Gasteiger partial charge in [0, 0.05) is 0 Å². The molecule has 0 N–H and O–H groups in total. The van der Waals surface area contributed by atoms with Crippen molar-refractivity contribution >= 4 is 29.1 Å². The Bertz CT molecular complexity index is 984. The van der Waals surface area contributed by atoms with Crippen LogP contribution in [0.3, 0.4) is 0 Å². The molecule has 0 saturated heterocycles. The van der Waals surface area contributed by atoms with Gasteiger partial charge in [0.2, 0.25) is 0 Å². The fourth-order valence-electron chi connectivity index (χ4n) is 4.43. The molecule has 0 saturated carbocycles. The summed E-state index contributed by atoms with van der Waals surface area (Å²) in [6.45, 7) is 0. The quantitative estimate of drug-likeness (QED) is 0.341. The van der Waals surface area contributed by atoms with Gasteiger partial charge >= 0.3 is 178 Å². The molecular formula is C27H25O2P. The molecule has 4 aromatic carbocycles. The molecule has 4 aromatic rings. The first-order valence-corrected chi connectivity index (χ1v) is 12.2. The number of carbonyl (C=O) groups excluding carboxylic acids is 1. The van der Waals surface area contributed by atoms with Crippen LogP contribution < -0.4 is 15.9 Å². The van der Waals surface area contributed by atoms with Crippen molar-refractivity contribution in [3.05, 3.63) is 127 Å². The van der Waals surface area contributed by atoms with E-state index in [0.29, 0.717) is 0 Å². The summed E-state index contributed by atoms with van der Waals surface area (Å²) in [5.74, 6) is -0.204. The molecule has 0 aromatic heterocycles. The predicted octanol–water partition coefficient (Wildman–Crippen LogP) is 4.63. The van der Waals surface area contributed by atoms with Gasteiger partial charge in [0.25, 0.3) is 0 Å². The zero-order valence-electron chi connectivity index (χ0n) is 16.9. The van der Waals surface area contributed by atoms with Crippen LogP contribution in [0.25, 0.3) is 0 Å². The number of esters is 1. The molecule has 0 bridgehead atoms. The van der Waals surface area contributed by atoms with Crippen molar-refractivity contribution in [2.45, 2.75) is 5.66 Å². The molecule has 30 heavy (non-hydrogen) atoms. The van der Waals surface area contributed by atoms with E-state index >= 15 is 0 Å². The third-order valence-electron chi connectivity index (χ3n) is 5.69. The van der Waals surface area contributed by atoms with Crippen molar-refractivity contribution in [2.75, 3.05) is 7.11 Å². The molecule has 0 radical (unpaired) electrons. The number of ether oxygens (including phenoxy) is 1. The van der Waals surface area contributed by atoms with Crippen LogP contribution in [-0.4, -0.2) is 13.1 Å². The van der Waals surface area contributed by atoms with Crippen LogP contribution in [-0.2, 0) is 9.53 Å². The maximum absolute atomic E-state index is 13.5. The second-order valence-corrected chi connectivity index (χ2v) is 11.2. The number of benzene rings is 4. The third kappa shape index (κ3) is 3.56. The molecule has 1 atom stereocenters. The van der Waals surface area contributed by atoms with Gasteiger partial charge in [0.05, 0.1) is 0 Å². The molecule has 0 fully saturated rings. The summed E-state index contributed by atoms with van der Waals surface area (Å²) in [7, 11) is -1.37. The van der Waals surface area contributed by atoms with Crippen LogP contribution in [0, 0.1) is 0 Å². The van der Waals surface area contributed by atoms with Gasteiger partial charge in [-0.2, -0.15) is 0 Å². The first-order valence-electron chi connectivity index (χ1n) is 10.1. The Morgan fingerprint density at radius 3 is 1.27 bits per heavy atom. The summed E-state index contributed by atoms with van der Waals surface area (Å²) in [5.41, 5.74) is 0.559. The number of hydrogen-bond donors (Lipinski definition) is 0. The van der Waals surface area contributed by atoms with Crippen LogP contribution in [0.4, 0.5) is 0 Å². The SMILES string of the molecule is COC(=O)C(c1ccccc1)[PH](c1ccccc1)(c1ccccc1)c1ccccc1. The standard InChI is InChI=1S/C27H25O2P/c1-29-27(28)26(22-14-6-2-7-15-22)30(23-16-8-3-9-17-23,24-18-10-4-11-19-24)25-20-12-5-13-21-25/h2-21,26,30H,1H3. The van der Waals surface area contributed by atoms with Gasteiger partial charge in [-0.25, -0.2) is 0 Å². The van der Waals surface area contributed by atoms with Gasteiger partial charge in [-0.1, -0.05) is 0 Å². The van der Waals surface area contributed by atoms with Crippen molar-refractivity contribution in [3.8, 4) is 0 Å². The fraction of sp³-hybridized carbons (Fsp3) is 0.0741. The zero-order valence-corrected chi connectivity index (χ0v) is 17.9. The summed E-state index contributed by atoms with van der Waals surface area (Å²) in [4.78, 5) is 13.5. The molecule has 1 unspecified atom stereocenters. The maximum atomic E-state index is 13.5. The second kappa shape index (κ2) is 9.07. The monoisotopic (exact) mass is 412 g/mol. The Morgan fingerprint density at radius 1 is 0.600 bits per heavy atom. The Labute approximate surface area is 178 Å². The van der Waals surface area contributed by atoms with Crippen LogP contribution in [0.2, 0.25) is 0 Å². The molecule has 0 aliphatic rings. The van der Waals surface area contributed by atoms with Crippen LogP contribution >= 0.6 is 7.26 Å². The summed E-state index contributed by atoms with van der Waals surface area (Å²) in [6, 6.07) is 41.4. The van der Waals surface area contributed by atoms with Gasteiger partial charge in [-0.15, -0.1) is 0 Å². The van der Waals surface area contributed by atoms with E-state index in [1.54, 1.807) is 0 Å². The Hall–Kier alpha value is -3.22. The Morgan fingerprint density at radius 2 is 0.933 bits per heavy atom. The van der Waals surface area contributed by atoms with E-state index in [1.165, 1.54) is 23.0 Å². The normalized spacial score (nSPS) is 12.7. The fourth-order valence-corrected chi connectivity index (χ4v) is 9.75. The topological polar surface area (TPSA) is 26.3 Å². The van der Waals surface area contributed by atoms with Gasteiger partial charge in [0.15, 0.2) is 0 Å². The molecule has 0 aliphatic heterocycles. The number of rotatable bonds is 6. The summed E-state index contributed by atoms with van der Waals surface area (Å²) in [6.07, 6.45) is 0. The molecule has 0 heterocycles. The summed E-state index contributed by atoms with van der Waals surface area (Å²) in [5, 5.41) is 3.55. The van der Waals surface area contributed by atoms with E-state index in [4.69, 9.17) is 4.74 Å². The van der Waals surface area contributed by atoms with Gasteiger partial charge in [0.1, 0.15) is 0 Å². The van der Waals surface area contributed by atoms with Crippen LogP contribution in [0.1, 0.15) is 11.2 Å². The first-order chi connectivity index (χ1) is 14.8. The van der Waals surface area contributed by atoms with E-state index < -0.39 is 12.9 Å². The Kier molecular flexibility index (Phi) is 6.07. The number of hydrogen-bond acceptors (Lipinski definition) is 2. The van der Waals surface area contributed by atoms with Crippen molar-refractivity contribution in [2.24, 2.45) is 0 Å². The molecule has 150 valence electrons. The van der Waals surface area contributed by atoms with Crippen molar-refractivity contribution < 1.29 is 9.53 Å². The van der Waals surface area contributed by atoms with Crippen LogP contribution in [0.5, 0.6) is 0 Å². The van der Waals surface area contributed by atoms with E-state index in [1.807, 2.05) is 48.5 Å². The third-order valence-corrected chi connectivity index (χ3v) is 10.9. The minimum absolute atomic E-state index is 0.204. The van der Waals surface area contributed by atoms with E-state index in [0.717, 1.165) is 5.56 Å². The molecule has 2 nitrogen and oxygen atoms in total. The molecule has 0 spiro atoms. The summed E-state index contributed by atoms with van der Waals surface area (Å²) < 4.78 is 5.43. The van der Waals surface area contributed by atoms with Gasteiger partial charge in [-0.05, 0) is 0 Å². The van der Waals surface area contributed by atoms with Crippen LogP contribution in [0.15, 0.2) is 121 Å². The predicted molar refractivity (Wildman–Crippen MR) is 128 cm³/mol. The van der Waals surface area contributed by atoms with Crippen molar-refractivity contribution in [3.63, 3.8) is 0 Å². The molecule has 0 amide bonds. The molecule has 3 heteroatoms. The first kappa shape index (κ1) is 20.1. The van der Waals surface area contributed by atoms with Crippen molar-refractivity contribution in [1.82, 2.24) is 0 Å². The second-order valence-electron chi connectivity index (χ2n) is 7.27. The van der Waals surface area contributed by atoms with E-state index in [2.05, 4.69) is 72.8 Å². The zero-order chi connectivity index (χ0) is 20.8. The average molecular weight is 412 g/mol. The summed E-state index contributed by atoms with van der Waals surface area (Å²) >= 11 is 0.